The zero-order valence-corrected chi connectivity index (χ0v) is 12.1. The molecule has 1 heterocycles. The van der Waals surface area contributed by atoms with Gasteiger partial charge in [-0.1, -0.05) is 35.0 Å². The maximum Gasteiger partial charge on any atom is 0.321 e. The Kier molecular flexibility index (Phi) is 3.88. The van der Waals surface area contributed by atoms with Gasteiger partial charge in [-0.05, 0) is 27.7 Å². The first-order valence-electron chi connectivity index (χ1n) is 6.53. The van der Waals surface area contributed by atoms with E-state index >= 15 is 0 Å². The predicted octanol–water partition coefficient (Wildman–Crippen LogP) is 2.89. The van der Waals surface area contributed by atoms with E-state index < -0.39 is 5.41 Å². The van der Waals surface area contributed by atoms with Gasteiger partial charge >= 0.3 is 5.97 Å². The molecule has 0 N–H and O–H groups in total. The van der Waals surface area contributed by atoms with Crippen molar-refractivity contribution in [1.29, 1.82) is 0 Å². The first kappa shape index (κ1) is 14.2. The molecule has 0 saturated carbocycles. The summed E-state index contributed by atoms with van der Waals surface area (Å²) in [5.74, 6) is 0.350. The van der Waals surface area contributed by atoms with Crippen molar-refractivity contribution in [3.8, 4) is 11.4 Å². The molecule has 0 radical (unpaired) electrons. The first-order valence-corrected chi connectivity index (χ1v) is 6.53. The minimum absolute atomic E-state index is 0.256. The van der Waals surface area contributed by atoms with Crippen molar-refractivity contribution in [3.05, 3.63) is 35.7 Å². The molecule has 5 heteroatoms. The number of aryl methyl sites for hydroxylation is 1. The zero-order chi connectivity index (χ0) is 14.8. The van der Waals surface area contributed by atoms with Crippen LogP contribution in [0.3, 0.4) is 0 Å². The molecule has 0 aliphatic heterocycles. The minimum Gasteiger partial charge on any atom is -0.465 e. The Morgan fingerprint density at radius 3 is 2.55 bits per heavy atom. The van der Waals surface area contributed by atoms with Crippen molar-refractivity contribution in [3.63, 3.8) is 0 Å². The molecule has 0 atom stereocenters. The lowest BCUT2D eigenvalue weighted by Gasteiger charge is -2.16. The molecule has 0 amide bonds. The van der Waals surface area contributed by atoms with Crippen molar-refractivity contribution >= 4 is 5.97 Å². The summed E-state index contributed by atoms with van der Waals surface area (Å²) in [5.41, 5.74) is 1.06. The Balaban J connectivity index is 2.28. The molecular weight excluding hydrogens is 256 g/mol. The summed E-state index contributed by atoms with van der Waals surface area (Å²) in [7, 11) is 0. The number of carbonyl (C=O) groups excluding carboxylic acids is 1. The largest absolute Gasteiger partial charge is 0.465 e. The summed E-state index contributed by atoms with van der Waals surface area (Å²) in [6.45, 7) is 7.50. The van der Waals surface area contributed by atoms with E-state index in [0.717, 1.165) is 11.1 Å². The monoisotopic (exact) mass is 274 g/mol. The van der Waals surface area contributed by atoms with Gasteiger partial charge in [-0.2, -0.15) is 4.98 Å². The normalized spacial score (nSPS) is 11.4. The molecule has 2 aromatic rings. The predicted molar refractivity (Wildman–Crippen MR) is 74.1 cm³/mol. The van der Waals surface area contributed by atoms with Crippen molar-refractivity contribution in [2.24, 2.45) is 0 Å². The van der Waals surface area contributed by atoms with Crippen LogP contribution < -0.4 is 0 Å². The highest BCUT2D eigenvalue weighted by Gasteiger charge is 2.37. The van der Waals surface area contributed by atoms with Gasteiger partial charge in [0.25, 0.3) is 0 Å². The van der Waals surface area contributed by atoms with Crippen LogP contribution in [0.4, 0.5) is 0 Å². The number of ether oxygens (including phenoxy) is 1. The molecule has 1 aromatic carbocycles. The van der Waals surface area contributed by atoms with Crippen LogP contribution >= 0.6 is 0 Å². The van der Waals surface area contributed by atoms with Crippen molar-refractivity contribution in [1.82, 2.24) is 10.1 Å². The molecule has 106 valence electrons. The van der Waals surface area contributed by atoms with E-state index in [1.807, 2.05) is 31.2 Å². The third kappa shape index (κ3) is 2.71. The molecule has 0 aliphatic carbocycles. The van der Waals surface area contributed by atoms with Crippen LogP contribution in [0.15, 0.2) is 28.8 Å². The fourth-order valence-corrected chi connectivity index (χ4v) is 1.70. The Hall–Kier alpha value is -2.17. The van der Waals surface area contributed by atoms with Gasteiger partial charge in [0, 0.05) is 5.56 Å². The number of rotatable bonds is 4. The van der Waals surface area contributed by atoms with Gasteiger partial charge in [0.15, 0.2) is 0 Å². The van der Waals surface area contributed by atoms with E-state index in [1.165, 1.54) is 0 Å². The molecule has 0 unspecified atom stereocenters. The average Bonchev–Trinajstić information content (AvgIpc) is 2.90. The van der Waals surface area contributed by atoms with Gasteiger partial charge in [-0.25, -0.2) is 0 Å². The number of carbonyl (C=O) groups is 1. The summed E-state index contributed by atoms with van der Waals surface area (Å²) >= 11 is 0. The molecular formula is C15H18N2O3. The number of nitrogens with zero attached hydrogens (tertiary/aromatic N) is 2. The van der Waals surface area contributed by atoms with Crippen LogP contribution in [0.25, 0.3) is 11.4 Å². The molecule has 0 aliphatic rings. The molecule has 0 saturated heterocycles. The molecule has 5 nitrogen and oxygen atoms in total. The Bertz CT molecular complexity index is 600. The van der Waals surface area contributed by atoms with E-state index in [4.69, 9.17) is 9.26 Å². The minimum atomic E-state index is -0.952. The SMILES string of the molecule is CCOC(=O)C(C)(C)c1nc(-c2ccc(C)cc2)no1. The first-order chi connectivity index (χ1) is 9.45. The highest BCUT2D eigenvalue weighted by atomic mass is 16.5. The van der Waals surface area contributed by atoms with Crippen molar-refractivity contribution in [2.75, 3.05) is 6.61 Å². The molecule has 1 aromatic heterocycles. The fourth-order valence-electron chi connectivity index (χ4n) is 1.70. The fraction of sp³-hybridized carbons (Fsp3) is 0.400. The number of aromatic nitrogens is 2. The van der Waals surface area contributed by atoms with Gasteiger partial charge in [0.05, 0.1) is 6.61 Å². The average molecular weight is 274 g/mol. The number of esters is 1. The lowest BCUT2D eigenvalue weighted by atomic mass is 9.94. The second-order valence-electron chi connectivity index (χ2n) is 5.13. The summed E-state index contributed by atoms with van der Waals surface area (Å²) in [6, 6.07) is 7.78. The Labute approximate surface area is 118 Å². The number of benzene rings is 1. The van der Waals surface area contributed by atoms with E-state index in [0.29, 0.717) is 12.4 Å². The quantitative estimate of drug-likeness (QED) is 0.802. The van der Waals surface area contributed by atoms with Crippen LogP contribution in [0, 0.1) is 6.92 Å². The molecule has 2 rings (SSSR count). The lowest BCUT2D eigenvalue weighted by molar-refractivity contribution is -0.149. The van der Waals surface area contributed by atoms with Gasteiger partial charge < -0.3 is 9.26 Å². The summed E-state index contributed by atoms with van der Waals surface area (Å²) in [4.78, 5) is 16.2. The maximum atomic E-state index is 11.9. The molecule has 0 fully saturated rings. The van der Waals surface area contributed by atoms with Gasteiger partial charge in [-0.15, -0.1) is 0 Å². The van der Waals surface area contributed by atoms with Gasteiger partial charge in [0.1, 0.15) is 5.41 Å². The number of hydrogen-bond donors (Lipinski definition) is 0. The second-order valence-corrected chi connectivity index (χ2v) is 5.13. The summed E-state index contributed by atoms with van der Waals surface area (Å²) in [6.07, 6.45) is 0. The Morgan fingerprint density at radius 1 is 1.30 bits per heavy atom. The van der Waals surface area contributed by atoms with E-state index in [-0.39, 0.29) is 11.9 Å². The molecule has 0 bridgehead atoms. The standard InChI is InChI=1S/C15H18N2O3/c1-5-19-14(18)15(3,4)13-16-12(17-20-13)11-8-6-10(2)7-9-11/h6-9H,5H2,1-4H3. The van der Waals surface area contributed by atoms with Gasteiger partial charge in [-0.3, -0.25) is 4.79 Å². The number of hydrogen-bond acceptors (Lipinski definition) is 5. The smallest absolute Gasteiger partial charge is 0.321 e. The van der Waals surface area contributed by atoms with Crippen LogP contribution in [0.2, 0.25) is 0 Å². The maximum absolute atomic E-state index is 11.9. The van der Waals surface area contributed by atoms with Crippen molar-refractivity contribution in [2.45, 2.75) is 33.1 Å². The Morgan fingerprint density at radius 2 is 1.95 bits per heavy atom. The summed E-state index contributed by atoms with van der Waals surface area (Å²) < 4.78 is 10.2. The summed E-state index contributed by atoms with van der Waals surface area (Å²) in [5, 5.41) is 3.93. The third-order valence-corrected chi connectivity index (χ3v) is 3.06. The zero-order valence-electron chi connectivity index (χ0n) is 12.1. The van der Waals surface area contributed by atoms with Crippen LogP contribution in [-0.4, -0.2) is 22.7 Å². The van der Waals surface area contributed by atoms with Crippen LogP contribution in [0.5, 0.6) is 0 Å². The van der Waals surface area contributed by atoms with Gasteiger partial charge in [0.2, 0.25) is 11.7 Å². The topological polar surface area (TPSA) is 65.2 Å². The highest BCUT2D eigenvalue weighted by molar-refractivity contribution is 5.80. The lowest BCUT2D eigenvalue weighted by Crippen LogP contribution is -2.31. The van der Waals surface area contributed by atoms with E-state index in [9.17, 15) is 4.79 Å². The van der Waals surface area contributed by atoms with Crippen molar-refractivity contribution < 1.29 is 14.1 Å². The highest BCUT2D eigenvalue weighted by Crippen LogP contribution is 2.26. The third-order valence-electron chi connectivity index (χ3n) is 3.06. The molecule has 20 heavy (non-hydrogen) atoms. The van der Waals surface area contributed by atoms with E-state index in [1.54, 1.807) is 20.8 Å². The van der Waals surface area contributed by atoms with Crippen LogP contribution in [0.1, 0.15) is 32.2 Å². The van der Waals surface area contributed by atoms with Crippen LogP contribution in [-0.2, 0) is 14.9 Å². The van der Waals surface area contributed by atoms with E-state index in [2.05, 4.69) is 10.1 Å². The second kappa shape index (κ2) is 5.45. The molecule has 0 spiro atoms.